The predicted octanol–water partition coefficient (Wildman–Crippen LogP) is 0.970. The fourth-order valence-electron chi connectivity index (χ4n) is 1.19. The maximum Gasteiger partial charge on any atom is 0.256 e. The van der Waals surface area contributed by atoms with Gasteiger partial charge in [0.2, 0.25) is 0 Å². The van der Waals surface area contributed by atoms with Gasteiger partial charge in [-0.15, -0.1) is 13.2 Å². The second-order valence-corrected chi connectivity index (χ2v) is 3.37. The van der Waals surface area contributed by atoms with Crippen molar-refractivity contribution in [2.45, 2.75) is 6.42 Å². The minimum atomic E-state index is -0.803. The summed E-state index contributed by atoms with van der Waals surface area (Å²) in [6.07, 6.45) is 3.33. The third kappa shape index (κ3) is 5.42. The van der Waals surface area contributed by atoms with Crippen LogP contribution in [0.15, 0.2) is 25.3 Å². The van der Waals surface area contributed by atoms with E-state index in [9.17, 15) is 9.59 Å². The second-order valence-electron chi connectivity index (χ2n) is 3.37. The Kier molecular flexibility index (Phi) is 7.92. The van der Waals surface area contributed by atoms with E-state index in [0.717, 1.165) is 5.06 Å². The molecule has 5 heteroatoms. The van der Waals surface area contributed by atoms with Gasteiger partial charge in [0.1, 0.15) is 12.5 Å². The van der Waals surface area contributed by atoms with Gasteiger partial charge in [-0.25, -0.2) is 5.06 Å². The van der Waals surface area contributed by atoms with Gasteiger partial charge in [0.15, 0.2) is 5.78 Å². The first kappa shape index (κ1) is 15.5. The van der Waals surface area contributed by atoms with Crippen LogP contribution in [0.25, 0.3) is 0 Å². The quantitative estimate of drug-likeness (QED) is 0.261. The number of hydrogen-bond donors (Lipinski definition) is 0. The molecule has 0 fully saturated rings. The number of hydroxylamine groups is 2. The van der Waals surface area contributed by atoms with Gasteiger partial charge in [0.25, 0.3) is 5.91 Å². The summed E-state index contributed by atoms with van der Waals surface area (Å²) in [5.74, 6) is -1.50. The number of Topliss-reactive ketones (excluding diaryl/α,β-unsaturated/α-hetero) is 1. The molecule has 0 rings (SSSR count). The first-order valence-electron chi connectivity index (χ1n) is 5.22. The summed E-state index contributed by atoms with van der Waals surface area (Å²) in [5, 5.41) is 1.03. The van der Waals surface area contributed by atoms with Crippen LogP contribution in [-0.2, 0) is 19.2 Å². The Hall–Kier alpha value is -1.46. The zero-order valence-corrected chi connectivity index (χ0v) is 10.3. The van der Waals surface area contributed by atoms with Crippen molar-refractivity contribution in [1.29, 1.82) is 0 Å². The average Bonchev–Trinajstić information content (AvgIpc) is 2.34. The van der Waals surface area contributed by atoms with Crippen LogP contribution in [0.5, 0.6) is 0 Å². The van der Waals surface area contributed by atoms with Crippen LogP contribution >= 0.6 is 0 Å². The topological polar surface area (TPSA) is 55.8 Å². The lowest BCUT2D eigenvalue weighted by molar-refractivity contribution is -0.174. The van der Waals surface area contributed by atoms with Gasteiger partial charge in [-0.3, -0.25) is 14.4 Å². The summed E-state index contributed by atoms with van der Waals surface area (Å²) in [4.78, 5) is 28.3. The summed E-state index contributed by atoms with van der Waals surface area (Å²) >= 11 is 0. The summed E-state index contributed by atoms with van der Waals surface area (Å²) in [5.41, 5.74) is 0. The Labute approximate surface area is 102 Å². The maximum atomic E-state index is 11.8. The molecular formula is C12H19NO4. The molecule has 0 radical (unpaired) electrons. The van der Waals surface area contributed by atoms with Gasteiger partial charge in [-0.1, -0.05) is 12.2 Å². The predicted molar refractivity (Wildman–Crippen MR) is 64.1 cm³/mol. The van der Waals surface area contributed by atoms with Crippen LogP contribution in [-0.4, -0.2) is 44.1 Å². The number of nitrogens with zero attached hydrogens (tertiary/aromatic N) is 1. The van der Waals surface area contributed by atoms with Crippen molar-refractivity contribution >= 4 is 11.7 Å². The van der Waals surface area contributed by atoms with Crippen molar-refractivity contribution in [3.63, 3.8) is 0 Å². The molecule has 17 heavy (non-hydrogen) atoms. The SMILES string of the molecule is C=CCOCC(=O)C(CC=C)C(=O)N(C)OC. The minimum absolute atomic E-state index is 0.117. The molecule has 0 spiro atoms. The van der Waals surface area contributed by atoms with E-state index in [0.29, 0.717) is 0 Å². The molecule has 0 aromatic carbocycles. The van der Waals surface area contributed by atoms with E-state index in [-0.39, 0.29) is 25.4 Å². The monoisotopic (exact) mass is 241 g/mol. The normalized spacial score (nSPS) is 11.6. The fourth-order valence-corrected chi connectivity index (χ4v) is 1.19. The van der Waals surface area contributed by atoms with E-state index in [1.165, 1.54) is 20.2 Å². The maximum absolute atomic E-state index is 11.8. The molecule has 0 bridgehead atoms. The summed E-state index contributed by atoms with van der Waals surface area (Å²) in [6, 6.07) is 0. The minimum Gasteiger partial charge on any atom is -0.370 e. The third-order valence-electron chi connectivity index (χ3n) is 2.15. The lowest BCUT2D eigenvalue weighted by Gasteiger charge is -2.19. The molecule has 0 aromatic heterocycles. The zero-order valence-electron chi connectivity index (χ0n) is 10.3. The van der Waals surface area contributed by atoms with Gasteiger partial charge < -0.3 is 4.74 Å². The molecule has 1 amide bonds. The van der Waals surface area contributed by atoms with Crippen LogP contribution in [0.4, 0.5) is 0 Å². The molecule has 0 heterocycles. The zero-order chi connectivity index (χ0) is 13.3. The number of rotatable bonds is 9. The molecule has 5 nitrogen and oxygen atoms in total. The van der Waals surface area contributed by atoms with Crippen molar-refractivity contribution in [2.75, 3.05) is 27.4 Å². The molecule has 0 saturated carbocycles. The number of carbonyl (C=O) groups is 2. The number of ketones is 1. The highest BCUT2D eigenvalue weighted by molar-refractivity contribution is 6.01. The molecule has 0 aromatic rings. The van der Waals surface area contributed by atoms with Crippen molar-refractivity contribution < 1.29 is 19.2 Å². The molecule has 1 atom stereocenters. The van der Waals surface area contributed by atoms with Gasteiger partial charge in [-0.2, -0.15) is 0 Å². The van der Waals surface area contributed by atoms with E-state index in [1.807, 2.05) is 0 Å². The third-order valence-corrected chi connectivity index (χ3v) is 2.15. The van der Waals surface area contributed by atoms with Crippen molar-refractivity contribution in [2.24, 2.45) is 5.92 Å². The Balaban J connectivity index is 4.49. The first-order valence-corrected chi connectivity index (χ1v) is 5.22. The van der Waals surface area contributed by atoms with E-state index < -0.39 is 11.8 Å². The molecule has 96 valence electrons. The van der Waals surface area contributed by atoms with Crippen molar-refractivity contribution in [3.05, 3.63) is 25.3 Å². The molecule has 0 aliphatic rings. The lowest BCUT2D eigenvalue weighted by Crippen LogP contribution is -2.37. The Morgan fingerprint density at radius 3 is 2.47 bits per heavy atom. The summed E-state index contributed by atoms with van der Waals surface area (Å²) < 4.78 is 5.02. The van der Waals surface area contributed by atoms with Crippen LogP contribution in [0.1, 0.15) is 6.42 Å². The number of hydrogen-bond acceptors (Lipinski definition) is 4. The summed E-state index contributed by atoms with van der Waals surface area (Å²) in [6.45, 7) is 7.16. The van der Waals surface area contributed by atoms with Crippen molar-refractivity contribution in [3.8, 4) is 0 Å². The number of carbonyl (C=O) groups excluding carboxylic acids is 2. The Morgan fingerprint density at radius 2 is 2.00 bits per heavy atom. The van der Waals surface area contributed by atoms with Gasteiger partial charge >= 0.3 is 0 Å². The molecule has 1 unspecified atom stereocenters. The second kappa shape index (κ2) is 8.66. The van der Waals surface area contributed by atoms with Crippen molar-refractivity contribution in [1.82, 2.24) is 5.06 Å². The molecule has 0 aliphatic carbocycles. The number of amides is 1. The molecule has 0 aliphatic heterocycles. The average molecular weight is 241 g/mol. The largest absolute Gasteiger partial charge is 0.370 e. The Morgan fingerprint density at radius 1 is 1.35 bits per heavy atom. The molecule has 0 saturated heterocycles. The van der Waals surface area contributed by atoms with Gasteiger partial charge in [0.05, 0.1) is 13.7 Å². The smallest absolute Gasteiger partial charge is 0.256 e. The molecule has 0 N–H and O–H groups in total. The standard InChI is InChI=1S/C12H19NO4/c1-5-7-10(12(15)13(3)16-4)11(14)9-17-8-6-2/h5-6,10H,1-2,7-9H2,3-4H3. The van der Waals surface area contributed by atoms with Crippen LogP contribution < -0.4 is 0 Å². The van der Waals surface area contributed by atoms with E-state index in [1.54, 1.807) is 6.08 Å². The lowest BCUT2D eigenvalue weighted by atomic mass is 9.99. The first-order chi connectivity index (χ1) is 8.08. The number of allylic oxidation sites excluding steroid dienone is 1. The van der Waals surface area contributed by atoms with E-state index in [2.05, 4.69) is 13.2 Å². The highest BCUT2D eigenvalue weighted by Crippen LogP contribution is 2.10. The van der Waals surface area contributed by atoms with E-state index >= 15 is 0 Å². The highest BCUT2D eigenvalue weighted by atomic mass is 16.7. The van der Waals surface area contributed by atoms with Crippen LogP contribution in [0, 0.1) is 5.92 Å². The highest BCUT2D eigenvalue weighted by Gasteiger charge is 2.28. The van der Waals surface area contributed by atoms with Crippen LogP contribution in [0.3, 0.4) is 0 Å². The van der Waals surface area contributed by atoms with Crippen LogP contribution in [0.2, 0.25) is 0 Å². The van der Waals surface area contributed by atoms with Gasteiger partial charge in [0, 0.05) is 7.05 Å². The summed E-state index contributed by atoms with van der Waals surface area (Å²) in [7, 11) is 2.82. The fraction of sp³-hybridized carbons (Fsp3) is 0.500. The molecular weight excluding hydrogens is 222 g/mol. The van der Waals surface area contributed by atoms with Gasteiger partial charge in [-0.05, 0) is 6.42 Å². The Bertz CT molecular complexity index is 288. The number of ether oxygens (including phenoxy) is 1. The van der Waals surface area contributed by atoms with E-state index in [4.69, 9.17) is 9.57 Å².